The maximum Gasteiger partial charge on any atom is 0.284 e. The zero-order valence-electron chi connectivity index (χ0n) is 14.6. The lowest BCUT2D eigenvalue weighted by molar-refractivity contribution is -0.131. The van der Waals surface area contributed by atoms with Gasteiger partial charge in [-0.2, -0.15) is 0 Å². The number of amides is 2. The molecule has 0 spiro atoms. The van der Waals surface area contributed by atoms with Gasteiger partial charge in [-0.15, -0.1) is 11.3 Å². The van der Waals surface area contributed by atoms with E-state index in [1.165, 1.54) is 23.5 Å². The molecule has 2 heterocycles. The molecule has 1 aromatic heterocycles. The van der Waals surface area contributed by atoms with Crippen molar-refractivity contribution < 1.29 is 19.2 Å². The van der Waals surface area contributed by atoms with Crippen molar-refractivity contribution in [1.82, 2.24) is 15.7 Å². The number of rotatable bonds is 5. The quantitative estimate of drug-likeness (QED) is 0.540. The first-order chi connectivity index (χ1) is 13.0. The minimum atomic E-state index is -0.519. The highest BCUT2D eigenvalue weighted by Gasteiger charge is 2.38. The van der Waals surface area contributed by atoms with Gasteiger partial charge in [0.25, 0.3) is 5.91 Å². The molecule has 1 saturated carbocycles. The number of carbonyl (C=O) groups is 2. The maximum absolute atomic E-state index is 13.0. The van der Waals surface area contributed by atoms with Crippen LogP contribution in [0.3, 0.4) is 0 Å². The Hall–Kier alpha value is -2.29. The third kappa shape index (κ3) is 3.87. The Kier molecular flexibility index (Phi) is 4.94. The van der Waals surface area contributed by atoms with Gasteiger partial charge in [-0.25, -0.2) is 9.87 Å². The van der Waals surface area contributed by atoms with Crippen molar-refractivity contribution in [2.75, 3.05) is 13.1 Å². The fraction of sp³-hybridized carbons (Fsp3) is 0.368. The summed E-state index contributed by atoms with van der Waals surface area (Å²) in [6.07, 6.45) is 1.67. The van der Waals surface area contributed by atoms with Crippen LogP contribution in [0, 0.1) is 5.82 Å². The Morgan fingerprint density at radius 2 is 2.07 bits per heavy atom. The number of carbonyl (C=O) groups excluding carboxylic acids is 2. The monoisotopic (exact) mass is 389 g/mol. The van der Waals surface area contributed by atoms with Crippen LogP contribution in [0.4, 0.5) is 4.39 Å². The molecule has 1 aliphatic heterocycles. The zero-order valence-corrected chi connectivity index (χ0v) is 15.4. The zero-order chi connectivity index (χ0) is 19.0. The lowest BCUT2D eigenvalue weighted by atomic mass is 10.1. The van der Waals surface area contributed by atoms with Crippen LogP contribution in [-0.4, -0.2) is 41.1 Å². The summed E-state index contributed by atoms with van der Waals surface area (Å²) in [5, 5.41) is 12.0. The summed E-state index contributed by atoms with van der Waals surface area (Å²) in [4.78, 5) is 27.4. The third-order valence-electron chi connectivity index (χ3n) is 5.15. The number of nitrogens with one attached hydrogen (secondary N) is 2. The summed E-state index contributed by atoms with van der Waals surface area (Å²) < 4.78 is 13.0. The second-order valence-electron chi connectivity index (χ2n) is 6.95. The van der Waals surface area contributed by atoms with E-state index in [0.29, 0.717) is 30.3 Å². The lowest BCUT2D eigenvalue weighted by Gasteiger charge is -2.27. The van der Waals surface area contributed by atoms with Crippen molar-refractivity contribution in [3.8, 4) is 0 Å². The van der Waals surface area contributed by atoms with Gasteiger partial charge in [0.2, 0.25) is 5.91 Å². The molecule has 2 amide bonds. The molecule has 0 saturated heterocycles. The Morgan fingerprint density at radius 1 is 1.30 bits per heavy atom. The van der Waals surface area contributed by atoms with Gasteiger partial charge in [0.05, 0.1) is 11.4 Å². The van der Waals surface area contributed by atoms with Gasteiger partial charge in [0, 0.05) is 29.9 Å². The summed E-state index contributed by atoms with van der Waals surface area (Å²) in [5.41, 5.74) is 3.71. The van der Waals surface area contributed by atoms with Crippen LogP contribution in [0.25, 0.3) is 0 Å². The first-order valence-electron chi connectivity index (χ1n) is 8.88. The molecule has 0 bridgehead atoms. The fourth-order valence-electron chi connectivity index (χ4n) is 3.54. The van der Waals surface area contributed by atoms with Gasteiger partial charge in [0.1, 0.15) is 5.82 Å². The number of fused-ring (bicyclic) bond motifs is 1. The smallest absolute Gasteiger partial charge is 0.284 e. The van der Waals surface area contributed by atoms with Crippen LogP contribution in [0.1, 0.15) is 38.0 Å². The predicted octanol–water partition coefficient (Wildman–Crippen LogP) is 2.04. The number of hydrogen-bond donors (Lipinski definition) is 3. The SMILES string of the molecule is O=C(NO)c1cc2c(s1)CCN(C(=O)CN[C@@H]1C[C@H]1c1ccc(F)cc1)C2. The van der Waals surface area contributed by atoms with E-state index >= 15 is 0 Å². The summed E-state index contributed by atoms with van der Waals surface area (Å²) in [7, 11) is 0. The third-order valence-corrected chi connectivity index (χ3v) is 6.38. The Bertz CT molecular complexity index is 868. The first kappa shape index (κ1) is 18.1. The van der Waals surface area contributed by atoms with Gasteiger partial charge in [0.15, 0.2) is 0 Å². The largest absolute Gasteiger partial charge is 0.337 e. The second kappa shape index (κ2) is 7.38. The summed E-state index contributed by atoms with van der Waals surface area (Å²) in [5.74, 6) is -0.390. The van der Waals surface area contributed by atoms with Crippen molar-refractivity contribution in [2.45, 2.75) is 31.3 Å². The van der Waals surface area contributed by atoms with Gasteiger partial charge < -0.3 is 10.2 Å². The van der Waals surface area contributed by atoms with E-state index in [1.807, 2.05) is 0 Å². The lowest BCUT2D eigenvalue weighted by Crippen LogP contribution is -2.41. The van der Waals surface area contributed by atoms with Crippen molar-refractivity contribution >= 4 is 23.2 Å². The normalized spacial score (nSPS) is 20.9. The van der Waals surface area contributed by atoms with E-state index in [-0.39, 0.29) is 24.3 Å². The van der Waals surface area contributed by atoms with Gasteiger partial charge in [-0.05, 0) is 42.2 Å². The number of nitrogens with zero attached hydrogens (tertiary/aromatic N) is 1. The molecule has 1 aromatic carbocycles. The highest BCUT2D eigenvalue weighted by molar-refractivity contribution is 7.14. The summed E-state index contributed by atoms with van der Waals surface area (Å²) in [6, 6.07) is 8.52. The fourth-order valence-corrected chi connectivity index (χ4v) is 4.60. The van der Waals surface area contributed by atoms with E-state index in [2.05, 4.69) is 5.32 Å². The molecule has 1 aliphatic carbocycles. The van der Waals surface area contributed by atoms with Crippen molar-refractivity contribution in [1.29, 1.82) is 0 Å². The number of halogens is 1. The predicted molar refractivity (Wildman–Crippen MR) is 98.2 cm³/mol. The van der Waals surface area contributed by atoms with Crippen LogP contribution in [0.15, 0.2) is 30.3 Å². The number of hydrogen-bond acceptors (Lipinski definition) is 5. The highest BCUT2D eigenvalue weighted by Crippen LogP contribution is 2.40. The molecule has 1 fully saturated rings. The molecule has 27 heavy (non-hydrogen) atoms. The molecular formula is C19H20FN3O3S. The molecule has 2 atom stereocenters. The Labute approximate surface area is 159 Å². The van der Waals surface area contributed by atoms with E-state index in [9.17, 15) is 14.0 Å². The summed E-state index contributed by atoms with van der Waals surface area (Å²) >= 11 is 1.36. The number of hydroxylamine groups is 1. The van der Waals surface area contributed by atoms with Crippen LogP contribution in [-0.2, 0) is 17.8 Å². The molecule has 142 valence electrons. The minimum absolute atomic E-state index is 0.0322. The number of benzene rings is 1. The van der Waals surface area contributed by atoms with Crippen molar-refractivity contribution in [3.63, 3.8) is 0 Å². The molecule has 8 heteroatoms. The Balaban J connectivity index is 1.29. The van der Waals surface area contributed by atoms with Crippen LogP contribution < -0.4 is 10.8 Å². The molecule has 4 rings (SSSR count). The van der Waals surface area contributed by atoms with Crippen molar-refractivity contribution in [3.05, 3.63) is 57.0 Å². The molecule has 2 aromatic rings. The van der Waals surface area contributed by atoms with Crippen molar-refractivity contribution in [2.24, 2.45) is 0 Å². The van der Waals surface area contributed by atoms with E-state index in [0.717, 1.165) is 22.4 Å². The highest BCUT2D eigenvalue weighted by atomic mass is 32.1. The second-order valence-corrected chi connectivity index (χ2v) is 8.08. The molecular weight excluding hydrogens is 369 g/mol. The average Bonchev–Trinajstić information content (AvgIpc) is 3.33. The van der Waals surface area contributed by atoms with E-state index in [4.69, 9.17) is 5.21 Å². The van der Waals surface area contributed by atoms with E-state index in [1.54, 1.807) is 28.6 Å². The van der Waals surface area contributed by atoms with E-state index < -0.39 is 5.91 Å². The molecule has 3 N–H and O–H groups in total. The van der Waals surface area contributed by atoms with Crippen LogP contribution in [0.5, 0.6) is 0 Å². The van der Waals surface area contributed by atoms with Crippen LogP contribution in [0.2, 0.25) is 0 Å². The molecule has 2 aliphatic rings. The average molecular weight is 389 g/mol. The standard InChI is InChI=1S/C19H20FN3O3S/c20-13-3-1-11(2-4-13)14-8-15(14)21-9-18(24)23-6-5-16-12(10-23)7-17(27-16)19(25)22-26/h1-4,7,14-15,21,26H,5-6,8-10H2,(H,22,25)/t14-,15+/m0/s1. The molecule has 0 radical (unpaired) electrons. The summed E-state index contributed by atoms with van der Waals surface area (Å²) in [6.45, 7) is 1.38. The minimum Gasteiger partial charge on any atom is -0.337 e. The van der Waals surface area contributed by atoms with Crippen LogP contribution >= 0.6 is 11.3 Å². The van der Waals surface area contributed by atoms with Gasteiger partial charge in [-0.3, -0.25) is 14.8 Å². The maximum atomic E-state index is 13.0. The molecule has 0 unspecified atom stereocenters. The topological polar surface area (TPSA) is 81.7 Å². The van der Waals surface area contributed by atoms with Gasteiger partial charge >= 0.3 is 0 Å². The number of thiophene rings is 1. The molecule has 6 nitrogen and oxygen atoms in total. The van der Waals surface area contributed by atoms with Gasteiger partial charge in [-0.1, -0.05) is 12.1 Å². The first-order valence-corrected chi connectivity index (χ1v) is 9.69. The Morgan fingerprint density at radius 3 is 2.81 bits per heavy atom.